The fourth-order valence-electron chi connectivity index (χ4n) is 0.533. The second-order valence-electron chi connectivity index (χ2n) is 4.87. The van der Waals surface area contributed by atoms with E-state index >= 15 is 0 Å². The van der Waals surface area contributed by atoms with Gasteiger partial charge in [-0.1, -0.05) is 20.8 Å². The van der Waals surface area contributed by atoms with Gasteiger partial charge >= 0.3 is 0 Å². The van der Waals surface area contributed by atoms with E-state index < -0.39 is 13.2 Å². The first kappa shape index (κ1) is 13.3. The number of hydrogen-bond donors (Lipinski definition) is 0. The number of hydrogen-bond acceptors (Lipinski definition) is 3. The van der Waals surface area contributed by atoms with E-state index in [1.165, 1.54) is 0 Å². The van der Waals surface area contributed by atoms with E-state index in [4.69, 9.17) is 4.43 Å². The SMILES string of the molecule is C=C(CO[Si](C)(C)C(C)(C)C)[N+](=O)[O-]. The van der Waals surface area contributed by atoms with E-state index in [-0.39, 0.29) is 17.3 Å². The molecule has 0 aromatic heterocycles. The Kier molecular flexibility index (Phi) is 4.02. The Hall–Kier alpha value is -0.683. The van der Waals surface area contributed by atoms with Crippen LogP contribution >= 0.6 is 0 Å². The van der Waals surface area contributed by atoms with E-state index in [1.807, 2.05) is 0 Å². The average molecular weight is 217 g/mol. The molecule has 82 valence electrons. The summed E-state index contributed by atoms with van der Waals surface area (Å²) in [5.41, 5.74) is -0.0742. The van der Waals surface area contributed by atoms with Gasteiger partial charge < -0.3 is 4.43 Å². The van der Waals surface area contributed by atoms with Crippen LogP contribution in [0.25, 0.3) is 0 Å². The lowest BCUT2D eigenvalue weighted by molar-refractivity contribution is -0.428. The van der Waals surface area contributed by atoms with Crippen molar-refractivity contribution in [3.05, 3.63) is 22.4 Å². The molecular weight excluding hydrogens is 198 g/mol. The van der Waals surface area contributed by atoms with Crippen molar-refractivity contribution < 1.29 is 9.35 Å². The van der Waals surface area contributed by atoms with Gasteiger partial charge in [-0.15, -0.1) is 0 Å². The van der Waals surface area contributed by atoms with Gasteiger partial charge in [0.2, 0.25) is 0 Å². The van der Waals surface area contributed by atoms with Crippen LogP contribution in [0, 0.1) is 10.1 Å². The highest BCUT2D eigenvalue weighted by Gasteiger charge is 2.37. The normalized spacial score (nSPS) is 12.6. The van der Waals surface area contributed by atoms with Crippen molar-refractivity contribution in [1.82, 2.24) is 0 Å². The monoisotopic (exact) mass is 217 g/mol. The molecule has 0 bridgehead atoms. The minimum atomic E-state index is -1.88. The maximum Gasteiger partial charge on any atom is 0.263 e. The van der Waals surface area contributed by atoms with Crippen LogP contribution in [-0.2, 0) is 4.43 Å². The van der Waals surface area contributed by atoms with Crippen molar-refractivity contribution in [3.63, 3.8) is 0 Å². The molecule has 0 rings (SSSR count). The summed E-state index contributed by atoms with van der Waals surface area (Å²) in [5.74, 6) is 0. The maximum atomic E-state index is 10.3. The van der Waals surface area contributed by atoms with Crippen molar-refractivity contribution in [3.8, 4) is 0 Å². The first-order chi connectivity index (χ1) is 6.08. The molecule has 5 heteroatoms. The predicted octanol–water partition coefficient (Wildman–Crippen LogP) is 2.80. The minimum Gasteiger partial charge on any atom is -0.406 e. The van der Waals surface area contributed by atoms with Crippen LogP contribution in [0.5, 0.6) is 0 Å². The molecule has 0 aliphatic rings. The summed E-state index contributed by atoms with van der Waals surface area (Å²) >= 11 is 0. The molecule has 0 atom stereocenters. The van der Waals surface area contributed by atoms with Gasteiger partial charge in [0.05, 0.1) is 4.92 Å². The molecule has 0 N–H and O–H groups in total. The summed E-state index contributed by atoms with van der Waals surface area (Å²) in [6.45, 7) is 13.8. The van der Waals surface area contributed by atoms with Crippen molar-refractivity contribution in [2.75, 3.05) is 6.61 Å². The highest BCUT2D eigenvalue weighted by Crippen LogP contribution is 2.36. The Bertz CT molecular complexity index is 243. The van der Waals surface area contributed by atoms with E-state index in [2.05, 4.69) is 40.4 Å². The second kappa shape index (κ2) is 4.23. The van der Waals surface area contributed by atoms with Crippen molar-refractivity contribution >= 4 is 8.32 Å². The first-order valence-electron chi connectivity index (χ1n) is 4.54. The summed E-state index contributed by atoms with van der Waals surface area (Å²) in [6.07, 6.45) is 0. The third-order valence-corrected chi connectivity index (χ3v) is 7.14. The largest absolute Gasteiger partial charge is 0.406 e. The maximum absolute atomic E-state index is 10.3. The highest BCUT2D eigenvalue weighted by molar-refractivity contribution is 6.74. The third kappa shape index (κ3) is 3.59. The third-order valence-electron chi connectivity index (χ3n) is 2.66. The summed E-state index contributed by atoms with van der Waals surface area (Å²) in [4.78, 5) is 9.81. The molecule has 0 saturated carbocycles. The lowest BCUT2D eigenvalue weighted by Crippen LogP contribution is -2.41. The van der Waals surface area contributed by atoms with Crippen LogP contribution in [0.3, 0.4) is 0 Å². The van der Waals surface area contributed by atoms with Gasteiger partial charge in [0.1, 0.15) is 6.61 Å². The van der Waals surface area contributed by atoms with Crippen LogP contribution in [0.15, 0.2) is 12.3 Å². The Morgan fingerprint density at radius 3 is 2.21 bits per heavy atom. The van der Waals surface area contributed by atoms with Crippen LogP contribution in [0.4, 0.5) is 0 Å². The fraction of sp³-hybridized carbons (Fsp3) is 0.778. The topological polar surface area (TPSA) is 52.4 Å². The number of nitro groups is 1. The molecule has 0 fully saturated rings. The molecule has 0 radical (unpaired) electrons. The molecular formula is C9H19NO3Si. The summed E-state index contributed by atoms with van der Waals surface area (Å²) in [5, 5.41) is 10.4. The van der Waals surface area contributed by atoms with Gasteiger partial charge in [0.25, 0.3) is 5.70 Å². The zero-order chi connectivity index (χ0) is 11.6. The predicted molar refractivity (Wildman–Crippen MR) is 59.3 cm³/mol. The summed E-state index contributed by atoms with van der Waals surface area (Å²) in [6, 6.07) is 0. The standard InChI is InChI=1S/C9H19NO3Si/c1-8(10(11)12)7-13-14(5,6)9(2,3)4/h1,7H2,2-6H3. The molecule has 0 aromatic rings. The zero-order valence-corrected chi connectivity index (χ0v) is 10.6. The second-order valence-corrected chi connectivity index (χ2v) is 9.68. The minimum absolute atomic E-state index is 0.0312. The highest BCUT2D eigenvalue weighted by atomic mass is 28.4. The van der Waals surface area contributed by atoms with E-state index in [9.17, 15) is 10.1 Å². The van der Waals surface area contributed by atoms with Crippen molar-refractivity contribution in [2.45, 2.75) is 38.9 Å². The lowest BCUT2D eigenvalue weighted by Gasteiger charge is -2.35. The molecule has 14 heavy (non-hydrogen) atoms. The number of rotatable bonds is 4. The van der Waals surface area contributed by atoms with Gasteiger partial charge in [-0.3, -0.25) is 10.1 Å². The Morgan fingerprint density at radius 2 is 1.93 bits per heavy atom. The van der Waals surface area contributed by atoms with E-state index in [0.29, 0.717) is 0 Å². The Morgan fingerprint density at radius 1 is 1.50 bits per heavy atom. The Balaban J connectivity index is 4.27. The van der Waals surface area contributed by atoms with E-state index in [1.54, 1.807) is 0 Å². The fourth-order valence-corrected chi connectivity index (χ4v) is 1.49. The van der Waals surface area contributed by atoms with Crippen molar-refractivity contribution in [1.29, 1.82) is 0 Å². The van der Waals surface area contributed by atoms with Crippen LogP contribution in [0.1, 0.15) is 20.8 Å². The van der Waals surface area contributed by atoms with Crippen LogP contribution < -0.4 is 0 Å². The molecule has 0 unspecified atom stereocenters. The lowest BCUT2D eigenvalue weighted by atomic mass is 10.2. The molecule has 0 saturated heterocycles. The molecule has 0 aromatic carbocycles. The van der Waals surface area contributed by atoms with Gasteiger partial charge in [0, 0.05) is 0 Å². The van der Waals surface area contributed by atoms with Gasteiger partial charge in [-0.2, -0.15) is 0 Å². The quantitative estimate of drug-likeness (QED) is 0.413. The van der Waals surface area contributed by atoms with Crippen molar-refractivity contribution in [2.24, 2.45) is 0 Å². The molecule has 0 heterocycles. The van der Waals surface area contributed by atoms with Gasteiger partial charge in [-0.05, 0) is 24.7 Å². The summed E-state index contributed by atoms with van der Waals surface area (Å²) in [7, 11) is -1.88. The smallest absolute Gasteiger partial charge is 0.263 e. The average Bonchev–Trinajstić information content (AvgIpc) is 1.97. The molecule has 0 spiro atoms. The molecule has 0 aliphatic carbocycles. The van der Waals surface area contributed by atoms with Gasteiger partial charge in [-0.25, -0.2) is 0 Å². The molecule has 0 aliphatic heterocycles. The van der Waals surface area contributed by atoms with E-state index in [0.717, 1.165) is 0 Å². The van der Waals surface area contributed by atoms with Crippen LogP contribution in [-0.4, -0.2) is 19.8 Å². The molecule has 4 nitrogen and oxygen atoms in total. The van der Waals surface area contributed by atoms with Crippen LogP contribution in [0.2, 0.25) is 18.1 Å². The summed E-state index contributed by atoms with van der Waals surface area (Å²) < 4.78 is 5.61. The number of nitrogens with zero attached hydrogens (tertiary/aromatic N) is 1. The zero-order valence-electron chi connectivity index (χ0n) is 9.59. The van der Waals surface area contributed by atoms with Gasteiger partial charge in [0.15, 0.2) is 8.32 Å². The Labute approximate surface area is 86.2 Å². The molecule has 0 amide bonds. The first-order valence-corrected chi connectivity index (χ1v) is 7.45.